The van der Waals surface area contributed by atoms with Crippen LogP contribution in [-0.4, -0.2) is 29.0 Å². The van der Waals surface area contributed by atoms with E-state index in [0.29, 0.717) is 11.3 Å². The smallest absolute Gasteiger partial charge is 0.287 e. The third kappa shape index (κ3) is 4.50. The van der Waals surface area contributed by atoms with Crippen LogP contribution in [0.1, 0.15) is 23.0 Å². The largest absolute Gasteiger partial charge is 0.459 e. The Morgan fingerprint density at radius 3 is 2.54 bits per heavy atom. The minimum absolute atomic E-state index is 0.0313. The molecule has 0 radical (unpaired) electrons. The standard InChI is InChI=1S/C15H14N4O5/c1-10(11-4-6-12(7-5-11)19(22)23)17-18-14(20)9-16-15(21)13-3-2-8-24-13/h2-8H,9H2,1H3,(H,16,21)(H,18,20). The van der Waals surface area contributed by atoms with Gasteiger partial charge in [-0.2, -0.15) is 5.10 Å². The summed E-state index contributed by atoms with van der Waals surface area (Å²) in [6.45, 7) is 1.37. The monoisotopic (exact) mass is 330 g/mol. The van der Waals surface area contributed by atoms with Gasteiger partial charge in [0, 0.05) is 12.1 Å². The van der Waals surface area contributed by atoms with Gasteiger partial charge < -0.3 is 9.73 Å². The summed E-state index contributed by atoms with van der Waals surface area (Å²) in [4.78, 5) is 33.3. The van der Waals surface area contributed by atoms with E-state index in [9.17, 15) is 19.7 Å². The lowest BCUT2D eigenvalue weighted by Crippen LogP contribution is -2.35. The third-order valence-electron chi connectivity index (χ3n) is 3.00. The first-order valence-corrected chi connectivity index (χ1v) is 6.87. The number of nitrogens with zero attached hydrogens (tertiary/aromatic N) is 2. The summed E-state index contributed by atoms with van der Waals surface area (Å²) in [6, 6.07) is 8.79. The fourth-order valence-electron chi connectivity index (χ4n) is 1.73. The molecule has 0 spiro atoms. The summed E-state index contributed by atoms with van der Waals surface area (Å²) in [5, 5.41) is 16.8. The topological polar surface area (TPSA) is 127 Å². The van der Waals surface area contributed by atoms with Crippen LogP contribution >= 0.6 is 0 Å². The Morgan fingerprint density at radius 2 is 1.96 bits per heavy atom. The Hall–Kier alpha value is -3.49. The SMILES string of the molecule is CC(=NNC(=O)CNC(=O)c1ccco1)c1ccc([N+](=O)[O-])cc1. The minimum atomic E-state index is -0.517. The zero-order valence-corrected chi connectivity index (χ0v) is 12.7. The number of non-ortho nitro benzene ring substituents is 1. The van der Waals surface area contributed by atoms with E-state index in [1.165, 1.54) is 36.6 Å². The van der Waals surface area contributed by atoms with Gasteiger partial charge in [0.15, 0.2) is 5.76 Å². The molecule has 0 aliphatic carbocycles. The van der Waals surface area contributed by atoms with Crippen molar-refractivity contribution in [3.8, 4) is 0 Å². The van der Waals surface area contributed by atoms with Crippen LogP contribution in [0, 0.1) is 10.1 Å². The third-order valence-corrected chi connectivity index (χ3v) is 3.00. The molecule has 2 N–H and O–H groups in total. The number of hydrogen-bond donors (Lipinski definition) is 2. The zero-order chi connectivity index (χ0) is 17.5. The molecular formula is C15H14N4O5. The van der Waals surface area contributed by atoms with Crippen molar-refractivity contribution < 1.29 is 18.9 Å². The van der Waals surface area contributed by atoms with Crippen LogP contribution in [-0.2, 0) is 4.79 Å². The lowest BCUT2D eigenvalue weighted by molar-refractivity contribution is -0.384. The van der Waals surface area contributed by atoms with Crippen molar-refractivity contribution in [3.63, 3.8) is 0 Å². The molecule has 1 heterocycles. The first-order valence-electron chi connectivity index (χ1n) is 6.87. The summed E-state index contributed by atoms with van der Waals surface area (Å²) < 4.78 is 4.89. The Labute approximate surface area is 136 Å². The maximum absolute atomic E-state index is 11.6. The maximum atomic E-state index is 11.6. The van der Waals surface area contributed by atoms with Gasteiger partial charge in [-0.25, -0.2) is 5.43 Å². The summed E-state index contributed by atoms with van der Waals surface area (Å²) >= 11 is 0. The molecule has 0 saturated heterocycles. The fourth-order valence-corrected chi connectivity index (χ4v) is 1.73. The van der Waals surface area contributed by atoms with Gasteiger partial charge in [-0.05, 0) is 36.8 Å². The number of hydrazone groups is 1. The minimum Gasteiger partial charge on any atom is -0.459 e. The lowest BCUT2D eigenvalue weighted by atomic mass is 10.1. The molecule has 124 valence electrons. The number of nitro benzene ring substituents is 1. The number of amides is 2. The average Bonchev–Trinajstić information content (AvgIpc) is 3.12. The Kier molecular flexibility index (Phi) is 5.40. The van der Waals surface area contributed by atoms with Gasteiger partial charge in [0.25, 0.3) is 17.5 Å². The summed E-state index contributed by atoms with van der Waals surface area (Å²) in [6.07, 6.45) is 1.35. The van der Waals surface area contributed by atoms with Gasteiger partial charge in [0.1, 0.15) is 0 Å². The molecule has 24 heavy (non-hydrogen) atoms. The van der Waals surface area contributed by atoms with E-state index in [1.54, 1.807) is 13.0 Å². The van der Waals surface area contributed by atoms with E-state index in [2.05, 4.69) is 15.8 Å². The van der Waals surface area contributed by atoms with Gasteiger partial charge in [0.05, 0.1) is 23.4 Å². The second-order valence-electron chi connectivity index (χ2n) is 4.70. The molecule has 2 aromatic rings. The van der Waals surface area contributed by atoms with Crippen molar-refractivity contribution in [2.75, 3.05) is 6.54 Å². The maximum Gasteiger partial charge on any atom is 0.287 e. The van der Waals surface area contributed by atoms with Gasteiger partial charge in [-0.1, -0.05) is 0 Å². The number of carbonyl (C=O) groups excluding carboxylic acids is 2. The molecule has 0 aliphatic heterocycles. The number of benzene rings is 1. The van der Waals surface area contributed by atoms with Crippen molar-refractivity contribution in [2.45, 2.75) is 6.92 Å². The van der Waals surface area contributed by atoms with E-state index in [4.69, 9.17) is 4.42 Å². The van der Waals surface area contributed by atoms with E-state index < -0.39 is 16.7 Å². The summed E-state index contributed by atoms with van der Waals surface area (Å²) in [5.41, 5.74) is 3.35. The molecule has 0 bridgehead atoms. The van der Waals surface area contributed by atoms with Crippen LogP contribution in [0.5, 0.6) is 0 Å². The van der Waals surface area contributed by atoms with Crippen molar-refractivity contribution in [3.05, 3.63) is 64.1 Å². The van der Waals surface area contributed by atoms with Crippen LogP contribution in [0.4, 0.5) is 5.69 Å². The van der Waals surface area contributed by atoms with Gasteiger partial charge in [-0.3, -0.25) is 19.7 Å². The van der Waals surface area contributed by atoms with Crippen molar-refractivity contribution >= 4 is 23.2 Å². The Balaban J connectivity index is 1.86. The molecule has 0 atom stereocenters. The van der Waals surface area contributed by atoms with Crippen molar-refractivity contribution in [1.29, 1.82) is 0 Å². The first-order chi connectivity index (χ1) is 11.5. The summed E-state index contributed by atoms with van der Waals surface area (Å²) in [5.74, 6) is -0.921. The Bertz CT molecular complexity index is 766. The van der Waals surface area contributed by atoms with E-state index >= 15 is 0 Å². The summed E-state index contributed by atoms with van der Waals surface area (Å²) in [7, 11) is 0. The number of furan rings is 1. The molecule has 2 rings (SSSR count). The molecule has 0 unspecified atom stereocenters. The molecule has 1 aromatic heterocycles. The van der Waals surface area contributed by atoms with Gasteiger partial charge >= 0.3 is 0 Å². The molecule has 1 aromatic carbocycles. The molecule has 0 aliphatic rings. The quantitative estimate of drug-likeness (QED) is 0.471. The average molecular weight is 330 g/mol. The van der Waals surface area contributed by atoms with Gasteiger partial charge in [0.2, 0.25) is 0 Å². The lowest BCUT2D eigenvalue weighted by Gasteiger charge is -2.04. The molecule has 0 saturated carbocycles. The number of rotatable bonds is 6. The predicted molar refractivity (Wildman–Crippen MR) is 84.5 cm³/mol. The second kappa shape index (κ2) is 7.68. The van der Waals surface area contributed by atoms with Crippen molar-refractivity contribution in [1.82, 2.24) is 10.7 Å². The fraction of sp³-hybridized carbons (Fsp3) is 0.133. The normalized spacial score (nSPS) is 11.0. The van der Waals surface area contributed by atoms with Gasteiger partial charge in [-0.15, -0.1) is 0 Å². The van der Waals surface area contributed by atoms with E-state index in [0.717, 1.165) is 0 Å². The molecule has 9 nitrogen and oxygen atoms in total. The van der Waals surface area contributed by atoms with Crippen LogP contribution in [0.25, 0.3) is 0 Å². The number of nitro groups is 1. The highest BCUT2D eigenvalue weighted by atomic mass is 16.6. The number of hydrogen-bond acceptors (Lipinski definition) is 6. The van der Waals surface area contributed by atoms with E-state index in [1.807, 2.05) is 0 Å². The second-order valence-corrected chi connectivity index (χ2v) is 4.70. The molecule has 2 amide bonds. The zero-order valence-electron chi connectivity index (χ0n) is 12.7. The van der Waals surface area contributed by atoms with Crippen LogP contribution < -0.4 is 10.7 Å². The van der Waals surface area contributed by atoms with Crippen LogP contribution in [0.2, 0.25) is 0 Å². The predicted octanol–water partition coefficient (Wildman–Crippen LogP) is 1.46. The number of nitrogens with one attached hydrogen (secondary N) is 2. The molecule has 0 fully saturated rings. The highest BCUT2D eigenvalue weighted by molar-refractivity contribution is 5.99. The highest BCUT2D eigenvalue weighted by Crippen LogP contribution is 2.12. The molecular weight excluding hydrogens is 316 g/mol. The highest BCUT2D eigenvalue weighted by Gasteiger charge is 2.10. The van der Waals surface area contributed by atoms with Crippen LogP contribution in [0.3, 0.4) is 0 Å². The molecule has 9 heteroatoms. The number of carbonyl (C=O) groups is 2. The van der Waals surface area contributed by atoms with Crippen LogP contribution in [0.15, 0.2) is 52.2 Å². The Morgan fingerprint density at radius 1 is 1.25 bits per heavy atom. The van der Waals surface area contributed by atoms with Crippen molar-refractivity contribution in [2.24, 2.45) is 5.10 Å². The van der Waals surface area contributed by atoms with E-state index in [-0.39, 0.29) is 18.0 Å². The first kappa shape index (κ1) is 16.9.